The van der Waals surface area contributed by atoms with Crippen molar-refractivity contribution in [1.29, 1.82) is 0 Å². The topological polar surface area (TPSA) is 94.7 Å². The molecule has 0 radical (unpaired) electrons. The first-order chi connectivity index (χ1) is 14.4. The molecule has 9 heteroatoms. The Kier molecular flexibility index (Phi) is 5.33. The smallest absolute Gasteiger partial charge is 0.283 e. The summed E-state index contributed by atoms with van der Waals surface area (Å²) >= 11 is 6.15. The Morgan fingerprint density at radius 2 is 1.97 bits per heavy atom. The molecular formula is C21H19ClN6O2. The van der Waals surface area contributed by atoms with E-state index in [1.807, 2.05) is 44.2 Å². The minimum Gasteiger partial charge on any atom is -0.323 e. The number of hydrogen-bond donors (Lipinski definition) is 1. The molecule has 0 aliphatic heterocycles. The van der Waals surface area contributed by atoms with Gasteiger partial charge in [-0.05, 0) is 42.7 Å². The van der Waals surface area contributed by atoms with Crippen molar-refractivity contribution in [3.05, 3.63) is 80.9 Å². The highest BCUT2D eigenvalue weighted by atomic mass is 35.5. The van der Waals surface area contributed by atoms with Gasteiger partial charge >= 0.3 is 0 Å². The summed E-state index contributed by atoms with van der Waals surface area (Å²) in [4.78, 5) is 29.5. The van der Waals surface area contributed by atoms with Gasteiger partial charge < -0.3 is 5.32 Å². The third-order valence-corrected chi connectivity index (χ3v) is 5.10. The molecule has 0 unspecified atom stereocenters. The first-order valence-corrected chi connectivity index (χ1v) is 9.69. The highest BCUT2D eigenvalue weighted by Gasteiger charge is 2.15. The van der Waals surface area contributed by atoms with Gasteiger partial charge in [-0.15, -0.1) is 5.10 Å². The minimum absolute atomic E-state index is 0.118. The second-order valence-corrected chi connectivity index (χ2v) is 7.46. The van der Waals surface area contributed by atoms with E-state index >= 15 is 0 Å². The Balaban J connectivity index is 1.56. The number of anilines is 1. The molecule has 8 nitrogen and oxygen atoms in total. The maximum Gasteiger partial charge on any atom is 0.283 e. The lowest BCUT2D eigenvalue weighted by Gasteiger charge is -2.09. The van der Waals surface area contributed by atoms with Gasteiger partial charge in [0.2, 0.25) is 5.91 Å². The lowest BCUT2D eigenvalue weighted by molar-refractivity contribution is -0.116. The summed E-state index contributed by atoms with van der Waals surface area (Å²) in [5.74, 6) is -0.392. The Morgan fingerprint density at radius 1 is 1.17 bits per heavy atom. The zero-order valence-electron chi connectivity index (χ0n) is 16.5. The number of aryl methyl sites for hydroxylation is 2. The molecule has 152 valence electrons. The summed E-state index contributed by atoms with van der Waals surface area (Å²) in [5.41, 5.74) is 3.71. The molecule has 1 N–H and O–H groups in total. The summed E-state index contributed by atoms with van der Waals surface area (Å²) in [6.07, 6.45) is 1.33. The van der Waals surface area contributed by atoms with E-state index in [-0.39, 0.29) is 12.1 Å². The van der Waals surface area contributed by atoms with Gasteiger partial charge in [-0.1, -0.05) is 47.1 Å². The van der Waals surface area contributed by atoms with E-state index in [9.17, 15) is 9.59 Å². The van der Waals surface area contributed by atoms with Crippen LogP contribution in [0.15, 0.2) is 53.6 Å². The third-order valence-electron chi connectivity index (χ3n) is 4.79. The number of amides is 1. The second kappa shape index (κ2) is 8.08. The predicted molar refractivity (Wildman–Crippen MR) is 115 cm³/mol. The normalized spacial score (nSPS) is 11.0. The van der Waals surface area contributed by atoms with Crippen LogP contribution in [0.25, 0.3) is 11.2 Å². The molecular weight excluding hydrogens is 404 g/mol. The van der Waals surface area contributed by atoms with Gasteiger partial charge in [0.25, 0.3) is 5.56 Å². The van der Waals surface area contributed by atoms with Crippen LogP contribution in [0.2, 0.25) is 5.02 Å². The number of halogens is 1. The molecule has 4 rings (SSSR count). The van der Waals surface area contributed by atoms with E-state index in [1.165, 1.54) is 10.9 Å². The van der Waals surface area contributed by atoms with E-state index < -0.39 is 11.5 Å². The first kappa shape index (κ1) is 19.8. The number of nitrogens with one attached hydrogen (secondary N) is 1. The summed E-state index contributed by atoms with van der Waals surface area (Å²) < 4.78 is 2.78. The first-order valence-electron chi connectivity index (χ1n) is 9.31. The highest BCUT2D eigenvalue weighted by Crippen LogP contribution is 2.22. The van der Waals surface area contributed by atoms with Crippen molar-refractivity contribution in [2.45, 2.75) is 26.9 Å². The van der Waals surface area contributed by atoms with Crippen LogP contribution in [-0.4, -0.2) is 30.5 Å². The zero-order chi connectivity index (χ0) is 21.3. The Bertz CT molecular complexity index is 1310. The average molecular weight is 423 g/mol. The average Bonchev–Trinajstić information content (AvgIpc) is 3.12. The molecule has 0 spiro atoms. The molecule has 0 bridgehead atoms. The van der Waals surface area contributed by atoms with Crippen LogP contribution in [0.4, 0.5) is 5.69 Å². The number of aromatic nitrogens is 5. The second-order valence-electron chi connectivity index (χ2n) is 7.05. The number of fused-ring (bicyclic) bond motifs is 1. The fraction of sp³-hybridized carbons (Fsp3) is 0.190. The molecule has 1 amide bonds. The molecule has 0 atom stereocenters. The molecule has 0 fully saturated rings. The van der Waals surface area contributed by atoms with Gasteiger partial charge in [0.05, 0.1) is 17.3 Å². The van der Waals surface area contributed by atoms with E-state index in [4.69, 9.17) is 11.6 Å². The maximum atomic E-state index is 12.8. The minimum atomic E-state index is -0.429. The van der Waals surface area contributed by atoms with Crippen molar-refractivity contribution in [3.63, 3.8) is 0 Å². The van der Waals surface area contributed by atoms with Gasteiger partial charge in [-0.2, -0.15) is 0 Å². The van der Waals surface area contributed by atoms with Gasteiger partial charge in [-0.25, -0.2) is 9.67 Å². The van der Waals surface area contributed by atoms with E-state index in [0.717, 1.165) is 16.7 Å². The fourth-order valence-corrected chi connectivity index (χ4v) is 3.40. The van der Waals surface area contributed by atoms with Crippen LogP contribution in [0.5, 0.6) is 0 Å². The zero-order valence-corrected chi connectivity index (χ0v) is 17.2. The van der Waals surface area contributed by atoms with E-state index in [2.05, 4.69) is 20.6 Å². The Morgan fingerprint density at radius 3 is 2.73 bits per heavy atom. The lowest BCUT2D eigenvalue weighted by Crippen LogP contribution is -2.28. The van der Waals surface area contributed by atoms with Crippen molar-refractivity contribution >= 4 is 34.4 Å². The van der Waals surface area contributed by atoms with Crippen LogP contribution in [0.3, 0.4) is 0 Å². The summed E-state index contributed by atoms with van der Waals surface area (Å²) in [6.45, 7) is 4.15. The van der Waals surface area contributed by atoms with Crippen LogP contribution in [0, 0.1) is 13.8 Å². The molecule has 0 saturated carbocycles. The number of rotatable bonds is 5. The summed E-state index contributed by atoms with van der Waals surface area (Å²) in [5, 5.41) is 11.2. The fourth-order valence-electron chi connectivity index (χ4n) is 3.12. The number of hydrogen-bond acceptors (Lipinski definition) is 5. The largest absolute Gasteiger partial charge is 0.323 e. The van der Waals surface area contributed by atoms with Crippen LogP contribution in [0.1, 0.15) is 16.7 Å². The quantitative estimate of drug-likeness (QED) is 0.533. The van der Waals surface area contributed by atoms with Crippen LogP contribution >= 0.6 is 11.6 Å². The maximum absolute atomic E-state index is 12.8. The molecule has 4 aromatic rings. The van der Waals surface area contributed by atoms with Crippen molar-refractivity contribution < 1.29 is 4.79 Å². The van der Waals surface area contributed by atoms with Gasteiger partial charge in [0.15, 0.2) is 11.2 Å². The van der Waals surface area contributed by atoms with Crippen molar-refractivity contribution in [2.24, 2.45) is 0 Å². The monoisotopic (exact) mass is 422 g/mol. The molecule has 2 aromatic heterocycles. The summed E-state index contributed by atoms with van der Waals surface area (Å²) in [6, 6.07) is 13.2. The highest BCUT2D eigenvalue weighted by molar-refractivity contribution is 6.33. The van der Waals surface area contributed by atoms with Crippen LogP contribution in [-0.2, 0) is 17.9 Å². The van der Waals surface area contributed by atoms with Crippen LogP contribution < -0.4 is 10.9 Å². The number of carbonyl (C=O) groups is 1. The molecule has 0 saturated heterocycles. The standard InChI is InChI=1S/C21H19ClN6O2/c1-13-7-8-17(16(22)9-13)24-18(29)11-27-12-23-20-19(21(27)30)25-26-28(20)10-15-6-4-3-5-14(15)2/h3-9,12H,10-11H2,1-2H3,(H,24,29). The van der Waals surface area contributed by atoms with Gasteiger partial charge in [0, 0.05) is 0 Å². The van der Waals surface area contributed by atoms with Crippen molar-refractivity contribution in [1.82, 2.24) is 24.5 Å². The summed E-state index contributed by atoms with van der Waals surface area (Å²) in [7, 11) is 0. The number of nitrogens with zero attached hydrogens (tertiary/aromatic N) is 5. The molecule has 2 aromatic carbocycles. The SMILES string of the molecule is Cc1ccc(NC(=O)Cn2cnc3c(nnn3Cc3ccccc3C)c2=O)c(Cl)c1. The number of carbonyl (C=O) groups excluding carboxylic acids is 1. The predicted octanol–water partition coefficient (Wildman–Crippen LogP) is 2.95. The molecule has 0 aliphatic carbocycles. The van der Waals surface area contributed by atoms with Crippen molar-refractivity contribution in [2.75, 3.05) is 5.32 Å². The Labute approximate surface area is 177 Å². The third kappa shape index (κ3) is 3.95. The van der Waals surface area contributed by atoms with Gasteiger partial charge in [-0.3, -0.25) is 14.2 Å². The molecule has 0 aliphatic rings. The van der Waals surface area contributed by atoms with Gasteiger partial charge in [0.1, 0.15) is 12.9 Å². The number of benzene rings is 2. The van der Waals surface area contributed by atoms with E-state index in [1.54, 1.807) is 16.8 Å². The molecule has 30 heavy (non-hydrogen) atoms. The molecule has 2 heterocycles. The lowest BCUT2D eigenvalue weighted by atomic mass is 10.1. The van der Waals surface area contributed by atoms with E-state index in [0.29, 0.717) is 22.9 Å². The van der Waals surface area contributed by atoms with Crippen molar-refractivity contribution in [3.8, 4) is 0 Å². The Hall–Kier alpha value is -3.52.